The van der Waals surface area contributed by atoms with Crippen molar-refractivity contribution in [3.8, 4) is 21.1 Å². The fourth-order valence-corrected chi connectivity index (χ4v) is 4.70. The van der Waals surface area contributed by atoms with E-state index in [1.165, 1.54) is 11.3 Å². The molecular weight excluding hydrogens is 392 g/mol. The highest BCUT2D eigenvalue weighted by atomic mass is 32.1. The van der Waals surface area contributed by atoms with E-state index in [2.05, 4.69) is 5.16 Å². The van der Waals surface area contributed by atoms with E-state index in [-0.39, 0.29) is 19.0 Å². The average Bonchev–Trinajstić information content (AvgIpc) is 3.42. The second-order valence-electron chi connectivity index (χ2n) is 6.27. The van der Waals surface area contributed by atoms with Crippen LogP contribution in [0.25, 0.3) is 21.1 Å². The van der Waals surface area contributed by atoms with Crippen LogP contribution in [-0.4, -0.2) is 16.1 Å². The van der Waals surface area contributed by atoms with Gasteiger partial charge >= 0.3 is 5.97 Å². The Kier molecular flexibility index (Phi) is 5.36. The lowest BCUT2D eigenvalue weighted by Crippen LogP contribution is -2.08. The van der Waals surface area contributed by atoms with Gasteiger partial charge in [0.2, 0.25) is 0 Å². The van der Waals surface area contributed by atoms with Crippen molar-refractivity contribution in [2.75, 3.05) is 0 Å². The molecule has 0 spiro atoms. The molecule has 0 amide bonds. The van der Waals surface area contributed by atoms with Crippen LogP contribution in [0.2, 0.25) is 0 Å². The van der Waals surface area contributed by atoms with E-state index in [4.69, 9.17) is 14.2 Å². The lowest BCUT2D eigenvalue weighted by molar-refractivity contribution is -0.144. The average molecular weight is 411 g/mol. The van der Waals surface area contributed by atoms with Gasteiger partial charge < -0.3 is 9.26 Å². The summed E-state index contributed by atoms with van der Waals surface area (Å²) in [6.07, 6.45) is 0.182. The van der Waals surface area contributed by atoms with Crippen molar-refractivity contribution in [1.29, 1.82) is 0 Å². The van der Waals surface area contributed by atoms with E-state index in [0.717, 1.165) is 37.3 Å². The Labute approximate surface area is 170 Å². The van der Waals surface area contributed by atoms with Crippen molar-refractivity contribution in [3.63, 3.8) is 0 Å². The van der Waals surface area contributed by atoms with Gasteiger partial charge in [-0.1, -0.05) is 41.6 Å². The van der Waals surface area contributed by atoms with Gasteiger partial charge in [0, 0.05) is 10.4 Å². The summed E-state index contributed by atoms with van der Waals surface area (Å²) in [6.45, 7) is 3.82. The lowest BCUT2D eigenvalue weighted by atomic mass is 10.2. The first-order chi connectivity index (χ1) is 13.6. The van der Waals surface area contributed by atoms with E-state index in [0.29, 0.717) is 5.76 Å². The van der Waals surface area contributed by atoms with E-state index in [1.807, 2.05) is 61.7 Å². The topological polar surface area (TPSA) is 65.2 Å². The fourth-order valence-electron chi connectivity index (χ4n) is 2.82. The molecule has 7 heteroatoms. The third kappa shape index (κ3) is 3.90. The summed E-state index contributed by atoms with van der Waals surface area (Å²) in [5.74, 6) is 0.384. The molecule has 5 nitrogen and oxygen atoms in total. The quantitative estimate of drug-likeness (QED) is 0.397. The molecule has 0 aliphatic carbocycles. The number of ether oxygens (including phenoxy) is 1. The Morgan fingerprint density at radius 1 is 1.14 bits per heavy atom. The van der Waals surface area contributed by atoms with Crippen LogP contribution >= 0.6 is 22.7 Å². The van der Waals surface area contributed by atoms with Crippen molar-refractivity contribution in [1.82, 2.24) is 10.1 Å². The Morgan fingerprint density at radius 2 is 1.96 bits per heavy atom. The highest BCUT2D eigenvalue weighted by Gasteiger charge is 2.19. The molecule has 3 aromatic heterocycles. The molecule has 1 aromatic carbocycles. The van der Waals surface area contributed by atoms with Crippen LogP contribution < -0.4 is 0 Å². The van der Waals surface area contributed by atoms with Crippen LogP contribution in [0, 0.1) is 13.8 Å². The summed E-state index contributed by atoms with van der Waals surface area (Å²) in [4.78, 5) is 19.3. The number of hydrogen-bond donors (Lipinski definition) is 0. The molecule has 0 N–H and O–H groups in total. The maximum absolute atomic E-state index is 12.5. The summed E-state index contributed by atoms with van der Waals surface area (Å²) < 4.78 is 10.6. The fraction of sp³-hybridized carbons (Fsp3) is 0.190. The Bertz CT molecular complexity index is 1060. The van der Waals surface area contributed by atoms with Crippen molar-refractivity contribution >= 4 is 28.6 Å². The summed E-state index contributed by atoms with van der Waals surface area (Å²) in [7, 11) is 0. The van der Waals surface area contributed by atoms with Crippen LogP contribution in [0.4, 0.5) is 0 Å². The zero-order valence-electron chi connectivity index (χ0n) is 15.5. The molecule has 0 saturated carbocycles. The van der Waals surface area contributed by atoms with E-state index in [9.17, 15) is 4.79 Å². The van der Waals surface area contributed by atoms with Gasteiger partial charge in [0.1, 0.15) is 17.4 Å². The lowest BCUT2D eigenvalue weighted by Gasteiger charge is -2.04. The first kappa shape index (κ1) is 18.6. The van der Waals surface area contributed by atoms with Gasteiger partial charge in [-0.25, -0.2) is 4.98 Å². The summed E-state index contributed by atoms with van der Waals surface area (Å²) >= 11 is 3.15. The summed E-state index contributed by atoms with van der Waals surface area (Å²) in [5.41, 5.74) is 3.46. The normalized spacial score (nSPS) is 10.9. The molecule has 3 heterocycles. The van der Waals surface area contributed by atoms with Crippen molar-refractivity contribution in [3.05, 3.63) is 69.7 Å². The molecule has 0 saturated heterocycles. The first-order valence-corrected chi connectivity index (χ1v) is 10.5. The zero-order chi connectivity index (χ0) is 19.5. The van der Waals surface area contributed by atoms with E-state index in [1.54, 1.807) is 11.3 Å². The van der Waals surface area contributed by atoms with Gasteiger partial charge in [0.25, 0.3) is 0 Å². The largest absolute Gasteiger partial charge is 0.460 e. The minimum Gasteiger partial charge on any atom is -0.460 e. The summed E-state index contributed by atoms with van der Waals surface area (Å²) in [5, 5.41) is 6.80. The number of carbonyl (C=O) groups is 1. The standard InChI is InChI=1S/C21H18N2O3S2/c1-13-16(14(2)26-23-13)12-25-19(24)11-18-20(17-9-6-10-27-17)22-21(28-18)15-7-4-3-5-8-15/h3-10H,11-12H2,1-2H3. The van der Waals surface area contributed by atoms with Crippen LogP contribution in [0.5, 0.6) is 0 Å². The maximum atomic E-state index is 12.5. The van der Waals surface area contributed by atoms with Crippen LogP contribution in [0.15, 0.2) is 52.4 Å². The van der Waals surface area contributed by atoms with E-state index < -0.39 is 0 Å². The number of aryl methyl sites for hydroxylation is 2. The Balaban J connectivity index is 1.56. The Hall–Kier alpha value is -2.77. The highest BCUT2D eigenvalue weighted by Crippen LogP contribution is 2.36. The molecule has 0 bridgehead atoms. The molecule has 4 rings (SSSR count). The predicted octanol–water partition coefficient (Wildman–Crippen LogP) is 5.43. The Morgan fingerprint density at radius 3 is 2.64 bits per heavy atom. The van der Waals surface area contributed by atoms with Gasteiger partial charge in [-0.15, -0.1) is 22.7 Å². The van der Waals surface area contributed by atoms with Crippen LogP contribution in [0.3, 0.4) is 0 Å². The smallest absolute Gasteiger partial charge is 0.311 e. The van der Waals surface area contributed by atoms with E-state index >= 15 is 0 Å². The number of hydrogen-bond acceptors (Lipinski definition) is 7. The molecule has 0 aliphatic heterocycles. The second-order valence-corrected chi connectivity index (χ2v) is 8.31. The van der Waals surface area contributed by atoms with Crippen molar-refractivity contribution in [2.24, 2.45) is 0 Å². The first-order valence-electron chi connectivity index (χ1n) is 8.78. The minimum absolute atomic E-state index is 0.165. The predicted molar refractivity (Wildman–Crippen MR) is 110 cm³/mol. The number of carbonyl (C=O) groups excluding carboxylic acids is 1. The molecule has 0 aliphatic rings. The number of rotatable bonds is 6. The minimum atomic E-state index is -0.291. The molecule has 0 fully saturated rings. The van der Waals surface area contributed by atoms with Gasteiger partial charge in [0.15, 0.2) is 0 Å². The van der Waals surface area contributed by atoms with Crippen LogP contribution in [-0.2, 0) is 22.6 Å². The SMILES string of the molecule is Cc1noc(C)c1COC(=O)Cc1sc(-c2ccccc2)nc1-c1cccs1. The molecule has 142 valence electrons. The third-order valence-electron chi connectivity index (χ3n) is 4.34. The van der Waals surface area contributed by atoms with Gasteiger partial charge in [0.05, 0.1) is 28.2 Å². The molecule has 28 heavy (non-hydrogen) atoms. The molecule has 0 radical (unpaired) electrons. The number of thiophene rings is 1. The van der Waals surface area contributed by atoms with Crippen molar-refractivity contribution in [2.45, 2.75) is 26.9 Å². The number of thiazole rings is 1. The van der Waals surface area contributed by atoms with Crippen LogP contribution in [0.1, 0.15) is 21.9 Å². The number of nitrogens with zero attached hydrogens (tertiary/aromatic N) is 2. The molecule has 0 atom stereocenters. The van der Waals surface area contributed by atoms with Gasteiger partial charge in [-0.2, -0.15) is 0 Å². The number of benzene rings is 1. The zero-order valence-corrected chi connectivity index (χ0v) is 17.1. The molecular formula is C21H18N2O3S2. The summed E-state index contributed by atoms with van der Waals surface area (Å²) in [6, 6.07) is 14.0. The highest BCUT2D eigenvalue weighted by molar-refractivity contribution is 7.17. The molecule has 0 unspecified atom stereocenters. The molecule has 4 aromatic rings. The monoisotopic (exact) mass is 410 g/mol. The van der Waals surface area contributed by atoms with Gasteiger partial charge in [-0.3, -0.25) is 4.79 Å². The number of aromatic nitrogens is 2. The van der Waals surface area contributed by atoms with Crippen molar-refractivity contribution < 1.29 is 14.1 Å². The third-order valence-corrected chi connectivity index (χ3v) is 6.32. The van der Waals surface area contributed by atoms with Gasteiger partial charge in [-0.05, 0) is 25.3 Å². The maximum Gasteiger partial charge on any atom is 0.311 e. The second kappa shape index (κ2) is 8.08. The number of esters is 1.